The molecule has 0 aliphatic rings. The number of para-hydroxylation sites is 1. The molecular formula is C11H9BrN+. The number of hydrogen-bond acceptors (Lipinski definition) is 0. The van der Waals surface area contributed by atoms with E-state index in [0.29, 0.717) is 0 Å². The van der Waals surface area contributed by atoms with Crippen LogP contribution in [0.3, 0.4) is 0 Å². The van der Waals surface area contributed by atoms with Crippen LogP contribution in [-0.4, -0.2) is 0 Å². The summed E-state index contributed by atoms with van der Waals surface area (Å²) in [7, 11) is 0. The fourth-order valence-corrected chi connectivity index (χ4v) is 1.58. The van der Waals surface area contributed by atoms with Gasteiger partial charge in [0.1, 0.15) is 0 Å². The van der Waals surface area contributed by atoms with Crippen LogP contribution in [0.4, 0.5) is 0 Å². The van der Waals surface area contributed by atoms with Crippen molar-refractivity contribution < 1.29 is 4.57 Å². The highest BCUT2D eigenvalue weighted by Gasteiger charge is 2.03. The molecule has 0 aliphatic carbocycles. The van der Waals surface area contributed by atoms with Gasteiger partial charge in [0.15, 0.2) is 12.4 Å². The molecule has 0 saturated heterocycles. The SMILES string of the molecule is Brc1ccc[n+](-c2ccccc2)c1. The van der Waals surface area contributed by atoms with E-state index in [0.717, 1.165) is 4.47 Å². The largest absolute Gasteiger partial charge is 0.210 e. The van der Waals surface area contributed by atoms with E-state index in [9.17, 15) is 0 Å². The lowest BCUT2D eigenvalue weighted by Crippen LogP contribution is -2.29. The zero-order valence-electron chi connectivity index (χ0n) is 7.02. The topological polar surface area (TPSA) is 3.88 Å². The molecule has 0 saturated carbocycles. The normalized spacial score (nSPS) is 9.92. The molecule has 2 rings (SSSR count). The standard InChI is InChI=1S/C11H9BrN/c12-10-5-4-8-13(9-10)11-6-2-1-3-7-11/h1-9H/q+1. The van der Waals surface area contributed by atoms with Gasteiger partial charge in [0.2, 0.25) is 5.69 Å². The molecule has 2 aromatic rings. The maximum absolute atomic E-state index is 3.44. The molecule has 0 unspecified atom stereocenters. The van der Waals surface area contributed by atoms with Crippen molar-refractivity contribution in [2.75, 3.05) is 0 Å². The van der Waals surface area contributed by atoms with Crippen LogP contribution in [-0.2, 0) is 0 Å². The average molecular weight is 235 g/mol. The van der Waals surface area contributed by atoms with Crippen LogP contribution in [0, 0.1) is 0 Å². The van der Waals surface area contributed by atoms with Gasteiger partial charge in [0.25, 0.3) is 0 Å². The van der Waals surface area contributed by atoms with Crippen molar-refractivity contribution in [3.8, 4) is 5.69 Å². The summed E-state index contributed by atoms with van der Waals surface area (Å²) >= 11 is 3.44. The lowest BCUT2D eigenvalue weighted by Gasteiger charge is -1.94. The molecule has 1 heterocycles. The second-order valence-electron chi connectivity index (χ2n) is 2.76. The molecule has 1 aromatic carbocycles. The van der Waals surface area contributed by atoms with Crippen LogP contribution in [0.15, 0.2) is 59.3 Å². The first-order valence-corrected chi connectivity index (χ1v) is 4.88. The number of halogens is 1. The molecule has 1 aromatic heterocycles. The van der Waals surface area contributed by atoms with Crippen LogP contribution in [0.1, 0.15) is 0 Å². The molecule has 0 amide bonds. The second-order valence-corrected chi connectivity index (χ2v) is 3.68. The van der Waals surface area contributed by atoms with E-state index in [1.807, 2.05) is 42.7 Å². The number of hydrogen-bond donors (Lipinski definition) is 0. The average Bonchev–Trinajstić information content (AvgIpc) is 2.19. The van der Waals surface area contributed by atoms with E-state index in [-0.39, 0.29) is 0 Å². The Hall–Kier alpha value is -1.15. The van der Waals surface area contributed by atoms with Gasteiger partial charge in [-0.15, -0.1) is 0 Å². The van der Waals surface area contributed by atoms with Crippen LogP contribution >= 0.6 is 15.9 Å². The van der Waals surface area contributed by atoms with Crippen LogP contribution in [0.25, 0.3) is 5.69 Å². The molecule has 0 aliphatic heterocycles. The molecular weight excluding hydrogens is 226 g/mol. The van der Waals surface area contributed by atoms with Crippen molar-refractivity contribution >= 4 is 15.9 Å². The number of aromatic nitrogens is 1. The van der Waals surface area contributed by atoms with Crippen molar-refractivity contribution in [3.63, 3.8) is 0 Å². The van der Waals surface area contributed by atoms with E-state index in [4.69, 9.17) is 0 Å². The number of rotatable bonds is 1. The monoisotopic (exact) mass is 234 g/mol. The smallest absolute Gasteiger partial charge is 0.166 e. The summed E-state index contributed by atoms with van der Waals surface area (Å²) in [6, 6.07) is 14.3. The van der Waals surface area contributed by atoms with E-state index in [1.165, 1.54) is 5.69 Å². The lowest BCUT2D eigenvalue weighted by atomic mass is 10.3. The Labute approximate surface area is 85.8 Å². The molecule has 0 spiro atoms. The molecule has 13 heavy (non-hydrogen) atoms. The summed E-state index contributed by atoms with van der Waals surface area (Å²) in [5, 5.41) is 0. The summed E-state index contributed by atoms with van der Waals surface area (Å²) < 4.78 is 3.16. The molecule has 0 bridgehead atoms. The molecule has 0 radical (unpaired) electrons. The Balaban J connectivity index is 2.48. The van der Waals surface area contributed by atoms with Crippen LogP contribution in [0.2, 0.25) is 0 Å². The molecule has 1 nitrogen and oxygen atoms in total. The van der Waals surface area contributed by atoms with Gasteiger partial charge in [-0.3, -0.25) is 0 Å². The summed E-state index contributed by atoms with van der Waals surface area (Å²) in [5.41, 5.74) is 1.17. The molecule has 0 N–H and O–H groups in total. The first-order chi connectivity index (χ1) is 6.36. The van der Waals surface area contributed by atoms with E-state index >= 15 is 0 Å². The minimum absolute atomic E-state index is 1.08. The fourth-order valence-electron chi connectivity index (χ4n) is 1.21. The minimum atomic E-state index is 1.08. The Bertz CT molecular complexity index is 398. The summed E-state index contributed by atoms with van der Waals surface area (Å²) in [4.78, 5) is 0. The molecule has 0 atom stereocenters. The third-order valence-electron chi connectivity index (χ3n) is 1.82. The maximum Gasteiger partial charge on any atom is 0.210 e. The molecule has 2 heteroatoms. The van der Waals surface area contributed by atoms with Crippen molar-refractivity contribution in [2.45, 2.75) is 0 Å². The van der Waals surface area contributed by atoms with Crippen LogP contribution < -0.4 is 4.57 Å². The number of benzene rings is 1. The highest BCUT2D eigenvalue weighted by atomic mass is 79.9. The summed E-state index contributed by atoms with van der Waals surface area (Å²) in [6.07, 6.45) is 4.06. The van der Waals surface area contributed by atoms with Gasteiger partial charge in [0.05, 0.1) is 4.47 Å². The van der Waals surface area contributed by atoms with E-state index in [1.54, 1.807) is 0 Å². The Morgan fingerprint density at radius 1 is 0.923 bits per heavy atom. The van der Waals surface area contributed by atoms with Gasteiger partial charge >= 0.3 is 0 Å². The van der Waals surface area contributed by atoms with Crippen molar-refractivity contribution in [1.82, 2.24) is 0 Å². The van der Waals surface area contributed by atoms with Gasteiger partial charge in [-0.1, -0.05) is 18.2 Å². The van der Waals surface area contributed by atoms with Crippen molar-refractivity contribution in [1.29, 1.82) is 0 Å². The Morgan fingerprint density at radius 2 is 1.69 bits per heavy atom. The second kappa shape index (κ2) is 3.71. The molecule has 64 valence electrons. The predicted molar refractivity (Wildman–Crippen MR) is 55.7 cm³/mol. The zero-order chi connectivity index (χ0) is 9.10. The maximum atomic E-state index is 3.44. The quantitative estimate of drug-likeness (QED) is 0.669. The van der Waals surface area contributed by atoms with Crippen molar-refractivity contribution in [3.05, 3.63) is 59.3 Å². The van der Waals surface area contributed by atoms with Gasteiger partial charge in [-0.25, -0.2) is 0 Å². The Kier molecular flexibility index (Phi) is 2.41. The summed E-state index contributed by atoms with van der Waals surface area (Å²) in [6.45, 7) is 0. The molecule has 0 fully saturated rings. The van der Waals surface area contributed by atoms with Gasteiger partial charge in [-0.05, 0) is 22.0 Å². The Morgan fingerprint density at radius 3 is 2.38 bits per heavy atom. The van der Waals surface area contributed by atoms with Gasteiger partial charge in [0, 0.05) is 18.2 Å². The van der Waals surface area contributed by atoms with Gasteiger partial charge in [-0.2, -0.15) is 4.57 Å². The first-order valence-electron chi connectivity index (χ1n) is 4.08. The highest BCUT2D eigenvalue weighted by Crippen LogP contribution is 2.05. The first kappa shape index (κ1) is 8.45. The van der Waals surface area contributed by atoms with Crippen LogP contribution in [0.5, 0.6) is 0 Å². The fraction of sp³-hybridized carbons (Fsp3) is 0. The third kappa shape index (κ3) is 1.95. The van der Waals surface area contributed by atoms with E-state index < -0.39 is 0 Å². The van der Waals surface area contributed by atoms with Gasteiger partial charge < -0.3 is 0 Å². The lowest BCUT2D eigenvalue weighted by molar-refractivity contribution is -0.596. The van der Waals surface area contributed by atoms with E-state index in [2.05, 4.69) is 32.6 Å². The van der Waals surface area contributed by atoms with Crippen molar-refractivity contribution in [2.24, 2.45) is 0 Å². The number of pyridine rings is 1. The third-order valence-corrected chi connectivity index (χ3v) is 2.29. The zero-order valence-corrected chi connectivity index (χ0v) is 8.61. The minimum Gasteiger partial charge on any atom is -0.166 e. The number of nitrogens with zero attached hydrogens (tertiary/aromatic N) is 1. The summed E-state index contributed by atoms with van der Waals surface area (Å²) in [5.74, 6) is 0. The highest BCUT2D eigenvalue weighted by molar-refractivity contribution is 9.10. The predicted octanol–water partition coefficient (Wildman–Crippen LogP) is 2.73.